The third-order valence-electron chi connectivity index (χ3n) is 12.9. The molecule has 9 aliphatic rings. The van der Waals surface area contributed by atoms with E-state index in [0.717, 1.165) is 32.1 Å². The van der Waals surface area contributed by atoms with Gasteiger partial charge in [-0.05, 0) is 65.8 Å². The number of thioether (sulfide) groups is 2. The molecule has 2 saturated heterocycles. The summed E-state index contributed by atoms with van der Waals surface area (Å²) in [7, 11) is -2.50. The zero-order chi connectivity index (χ0) is 33.8. The lowest BCUT2D eigenvalue weighted by atomic mass is 9.76. The van der Waals surface area contributed by atoms with Gasteiger partial charge < -0.3 is 0 Å². The van der Waals surface area contributed by atoms with E-state index in [1.54, 1.807) is 31.9 Å². The van der Waals surface area contributed by atoms with Crippen LogP contribution in [0.5, 0.6) is 0 Å². The van der Waals surface area contributed by atoms with Crippen LogP contribution in [0.4, 0.5) is 0 Å². The maximum atomic E-state index is 2.70. The van der Waals surface area contributed by atoms with Crippen LogP contribution in [0.15, 0.2) is 191 Å². The van der Waals surface area contributed by atoms with Crippen LogP contribution in [0.2, 0.25) is 0 Å². The summed E-state index contributed by atoms with van der Waals surface area (Å²) < 4.78 is 0. The van der Waals surface area contributed by atoms with Crippen LogP contribution >= 0.6 is 23.5 Å². The molecule has 2 aliphatic heterocycles. The molecule has 0 spiro atoms. The Morgan fingerprint density at radius 2 is 1.14 bits per heavy atom. The Balaban J connectivity index is 1.06. The standard InChI is InChI=1S/C48H46S2Si/c1-3-17-35(18-4-1)51(36-19-5-2-6-20-36,37-21-11-15-33(31-37)39-25-13-27-43-41-23-7-9-29-45(41)49-47(39)43)38-22-12-16-34(32-38)40-26-14-28-44-42-24-8-10-30-46(42)50-48(40)44/h1-3,5,7-17,19,21-31,34,39-42,45-48H,4,6,18,20,32H2/t34?,39?,40?,41?,42?,45?,46?,47?,48-/m0/s1. The van der Waals surface area contributed by atoms with E-state index >= 15 is 0 Å². The second-order valence-corrected chi connectivity index (χ2v) is 22.1. The molecule has 0 aromatic heterocycles. The number of hydrogen-bond donors (Lipinski definition) is 0. The minimum absolute atomic E-state index is 0.395. The molecule has 254 valence electrons. The van der Waals surface area contributed by atoms with E-state index < -0.39 is 8.07 Å². The van der Waals surface area contributed by atoms with Gasteiger partial charge in [0.05, 0.1) is 0 Å². The number of benzene rings is 1. The summed E-state index contributed by atoms with van der Waals surface area (Å²) in [5, 5.41) is 8.91. The van der Waals surface area contributed by atoms with Gasteiger partial charge in [-0.1, -0.05) is 180 Å². The molecule has 7 aliphatic carbocycles. The second-order valence-electron chi connectivity index (χ2n) is 15.5. The minimum atomic E-state index is -2.50. The van der Waals surface area contributed by atoms with E-state index in [9.17, 15) is 0 Å². The van der Waals surface area contributed by atoms with Crippen LogP contribution < -0.4 is 5.19 Å². The SMILES string of the molecule is C1=CCCC([Si](C2=CC=CCC2)(C2=CC=CC(C3C=CC=C4C5C=CC=CC5S[C@H]43)C2)c2cccc(C3C=CC=C4C5C=CC=CC5SC43)c2)=C1. The highest BCUT2D eigenvalue weighted by Crippen LogP contribution is 2.55. The van der Waals surface area contributed by atoms with E-state index in [-0.39, 0.29) is 0 Å². The fourth-order valence-electron chi connectivity index (χ4n) is 10.6. The van der Waals surface area contributed by atoms with Crippen LogP contribution in [0.1, 0.15) is 43.6 Å². The first kappa shape index (κ1) is 32.2. The summed E-state index contributed by atoms with van der Waals surface area (Å²) in [6.45, 7) is 0. The molecule has 3 heteroatoms. The fourth-order valence-corrected chi connectivity index (χ4v) is 19.8. The highest BCUT2D eigenvalue weighted by atomic mass is 32.2. The number of allylic oxidation sites excluding steroid dienone is 24. The van der Waals surface area contributed by atoms with E-state index in [1.807, 2.05) is 0 Å². The maximum absolute atomic E-state index is 2.70. The van der Waals surface area contributed by atoms with Crippen molar-refractivity contribution >= 4 is 36.8 Å². The van der Waals surface area contributed by atoms with Crippen molar-refractivity contribution in [3.63, 3.8) is 0 Å². The van der Waals surface area contributed by atoms with Gasteiger partial charge in [0, 0.05) is 38.8 Å². The van der Waals surface area contributed by atoms with Crippen LogP contribution in [0.3, 0.4) is 0 Å². The van der Waals surface area contributed by atoms with Crippen molar-refractivity contribution in [1.82, 2.24) is 0 Å². The molecule has 0 amide bonds. The zero-order valence-corrected chi connectivity index (χ0v) is 31.8. The lowest BCUT2D eigenvalue weighted by Gasteiger charge is -2.44. The second kappa shape index (κ2) is 13.5. The largest absolute Gasteiger partial charge is 0.167 e. The third kappa shape index (κ3) is 5.41. The molecule has 51 heavy (non-hydrogen) atoms. The van der Waals surface area contributed by atoms with Crippen LogP contribution in [0, 0.1) is 23.7 Å². The monoisotopic (exact) mass is 714 g/mol. The fraction of sp³-hybridized carbons (Fsp3) is 0.292. The first-order valence-corrected chi connectivity index (χ1v) is 23.2. The Morgan fingerprint density at radius 3 is 1.84 bits per heavy atom. The molecule has 2 fully saturated rings. The summed E-state index contributed by atoms with van der Waals surface area (Å²) in [5.41, 5.74) is 4.75. The Morgan fingerprint density at radius 1 is 0.529 bits per heavy atom. The molecular weight excluding hydrogens is 669 g/mol. The molecule has 0 N–H and O–H groups in total. The van der Waals surface area contributed by atoms with Gasteiger partial charge in [0.15, 0.2) is 8.07 Å². The molecule has 10 rings (SSSR count). The predicted octanol–water partition coefficient (Wildman–Crippen LogP) is 11.2. The van der Waals surface area contributed by atoms with Gasteiger partial charge in [-0.15, -0.1) is 23.5 Å². The van der Waals surface area contributed by atoms with Gasteiger partial charge in [-0.25, -0.2) is 0 Å². The van der Waals surface area contributed by atoms with E-state index in [2.05, 4.69) is 188 Å². The van der Waals surface area contributed by atoms with Crippen LogP contribution in [-0.4, -0.2) is 29.1 Å². The van der Waals surface area contributed by atoms with Crippen LogP contribution in [0.25, 0.3) is 0 Å². The first-order chi connectivity index (χ1) is 25.3. The summed E-state index contributed by atoms with van der Waals surface area (Å²) in [5.74, 6) is 2.49. The van der Waals surface area contributed by atoms with E-state index in [4.69, 9.17) is 0 Å². The van der Waals surface area contributed by atoms with Gasteiger partial charge in [0.25, 0.3) is 0 Å². The van der Waals surface area contributed by atoms with Crippen molar-refractivity contribution in [3.05, 3.63) is 196 Å². The molecular formula is C48H46S2Si. The number of fused-ring (bicyclic) bond motifs is 6. The highest BCUT2D eigenvalue weighted by Gasteiger charge is 2.49. The molecule has 9 atom stereocenters. The van der Waals surface area contributed by atoms with Gasteiger partial charge in [-0.3, -0.25) is 0 Å². The van der Waals surface area contributed by atoms with Gasteiger partial charge >= 0.3 is 0 Å². The molecule has 0 bridgehead atoms. The van der Waals surface area contributed by atoms with Crippen LogP contribution in [-0.2, 0) is 0 Å². The predicted molar refractivity (Wildman–Crippen MR) is 225 cm³/mol. The normalized spacial score (nSPS) is 35.4. The van der Waals surface area contributed by atoms with E-state index in [0.29, 0.717) is 50.6 Å². The van der Waals surface area contributed by atoms with Crippen molar-refractivity contribution in [2.24, 2.45) is 23.7 Å². The van der Waals surface area contributed by atoms with Crippen molar-refractivity contribution in [2.45, 2.75) is 59.0 Å². The van der Waals surface area contributed by atoms with Gasteiger partial charge in [0.1, 0.15) is 0 Å². The average Bonchev–Trinajstić information content (AvgIpc) is 3.78. The first-order valence-electron chi connectivity index (χ1n) is 19.3. The molecule has 0 nitrogen and oxygen atoms in total. The van der Waals surface area contributed by atoms with Crippen molar-refractivity contribution in [1.29, 1.82) is 0 Å². The maximum Gasteiger partial charge on any atom is 0.167 e. The smallest absolute Gasteiger partial charge is 0.145 e. The number of rotatable bonds is 6. The van der Waals surface area contributed by atoms with Crippen molar-refractivity contribution < 1.29 is 0 Å². The average molecular weight is 715 g/mol. The molecule has 1 aromatic carbocycles. The minimum Gasteiger partial charge on any atom is -0.145 e. The van der Waals surface area contributed by atoms with Crippen molar-refractivity contribution in [3.8, 4) is 0 Å². The van der Waals surface area contributed by atoms with Crippen molar-refractivity contribution in [2.75, 3.05) is 0 Å². The topological polar surface area (TPSA) is 0 Å². The quantitative estimate of drug-likeness (QED) is 0.269. The molecule has 8 unspecified atom stereocenters. The Hall–Kier alpha value is -3.50. The molecule has 0 radical (unpaired) electrons. The molecule has 2 heterocycles. The number of hydrogen-bond acceptors (Lipinski definition) is 2. The Kier molecular flexibility index (Phi) is 8.50. The summed E-state index contributed by atoms with van der Waals surface area (Å²) in [4.78, 5) is 0. The van der Waals surface area contributed by atoms with Gasteiger partial charge in [-0.2, -0.15) is 0 Å². The Bertz CT molecular complexity index is 2020. The van der Waals surface area contributed by atoms with Gasteiger partial charge in [0.2, 0.25) is 0 Å². The highest BCUT2D eigenvalue weighted by molar-refractivity contribution is 8.01. The molecule has 0 saturated carbocycles. The van der Waals surface area contributed by atoms with E-state index in [1.165, 1.54) is 5.56 Å². The summed E-state index contributed by atoms with van der Waals surface area (Å²) >= 11 is 4.39. The molecule has 1 aromatic rings. The third-order valence-corrected chi connectivity index (χ3v) is 21.4. The summed E-state index contributed by atoms with van der Waals surface area (Å²) in [6.07, 6.45) is 61.4. The lowest BCUT2D eigenvalue weighted by molar-refractivity contribution is 0.469. The Labute approximate surface area is 314 Å². The lowest BCUT2D eigenvalue weighted by Crippen LogP contribution is -2.56. The zero-order valence-electron chi connectivity index (χ0n) is 29.1. The summed E-state index contributed by atoms with van der Waals surface area (Å²) in [6, 6.07) is 10.1.